The third kappa shape index (κ3) is 5.43. The summed E-state index contributed by atoms with van der Waals surface area (Å²) < 4.78 is 5.59. The Labute approximate surface area is 88.5 Å². The molecule has 0 radical (unpaired) electrons. The number of rotatable bonds is 6. The SMILES string of the molecule is CC=CCCOCCC1CCCCC1. The van der Waals surface area contributed by atoms with Gasteiger partial charge in [0, 0.05) is 6.61 Å². The topological polar surface area (TPSA) is 9.23 Å². The van der Waals surface area contributed by atoms with Gasteiger partial charge in [-0.15, -0.1) is 0 Å². The Morgan fingerprint density at radius 2 is 1.93 bits per heavy atom. The predicted octanol–water partition coefficient (Wildman–Crippen LogP) is 3.94. The van der Waals surface area contributed by atoms with Crippen LogP contribution in [0.2, 0.25) is 0 Å². The van der Waals surface area contributed by atoms with Crippen LogP contribution < -0.4 is 0 Å². The van der Waals surface area contributed by atoms with Crippen molar-refractivity contribution in [3.63, 3.8) is 0 Å². The van der Waals surface area contributed by atoms with E-state index in [9.17, 15) is 0 Å². The van der Waals surface area contributed by atoms with Crippen molar-refractivity contribution in [1.29, 1.82) is 0 Å². The van der Waals surface area contributed by atoms with Gasteiger partial charge in [-0.05, 0) is 25.7 Å². The van der Waals surface area contributed by atoms with E-state index in [0.29, 0.717) is 0 Å². The summed E-state index contributed by atoms with van der Waals surface area (Å²) in [5.41, 5.74) is 0. The van der Waals surface area contributed by atoms with Crippen LogP contribution in [0.25, 0.3) is 0 Å². The van der Waals surface area contributed by atoms with Gasteiger partial charge in [0.05, 0.1) is 6.61 Å². The maximum atomic E-state index is 5.59. The van der Waals surface area contributed by atoms with Gasteiger partial charge in [0.1, 0.15) is 0 Å². The lowest BCUT2D eigenvalue weighted by atomic mass is 9.87. The first kappa shape index (κ1) is 11.8. The fourth-order valence-corrected chi connectivity index (χ4v) is 2.15. The summed E-state index contributed by atoms with van der Waals surface area (Å²) in [6.07, 6.45) is 13.9. The molecule has 0 saturated heterocycles. The lowest BCUT2D eigenvalue weighted by Crippen LogP contribution is -2.09. The second-order valence-electron chi connectivity index (χ2n) is 4.26. The number of hydrogen-bond donors (Lipinski definition) is 0. The van der Waals surface area contributed by atoms with E-state index in [-0.39, 0.29) is 0 Å². The lowest BCUT2D eigenvalue weighted by Gasteiger charge is -2.21. The van der Waals surface area contributed by atoms with Crippen LogP contribution in [0, 0.1) is 5.92 Å². The molecular weight excluding hydrogens is 172 g/mol. The van der Waals surface area contributed by atoms with E-state index in [2.05, 4.69) is 19.1 Å². The van der Waals surface area contributed by atoms with Gasteiger partial charge in [-0.25, -0.2) is 0 Å². The van der Waals surface area contributed by atoms with Gasteiger partial charge in [-0.2, -0.15) is 0 Å². The molecule has 1 rings (SSSR count). The molecule has 0 spiro atoms. The average Bonchev–Trinajstić information content (AvgIpc) is 2.25. The smallest absolute Gasteiger partial charge is 0.0500 e. The first-order chi connectivity index (χ1) is 6.93. The molecule has 0 amide bonds. The van der Waals surface area contributed by atoms with Gasteiger partial charge in [0.25, 0.3) is 0 Å². The minimum Gasteiger partial charge on any atom is -0.381 e. The summed E-state index contributed by atoms with van der Waals surface area (Å²) in [6.45, 7) is 3.93. The van der Waals surface area contributed by atoms with Crippen LogP contribution >= 0.6 is 0 Å². The normalized spacial score (nSPS) is 19.2. The Morgan fingerprint density at radius 3 is 2.64 bits per heavy atom. The molecule has 0 bridgehead atoms. The Kier molecular flexibility index (Phi) is 6.77. The molecule has 0 aliphatic heterocycles. The van der Waals surface area contributed by atoms with Gasteiger partial charge in [-0.1, -0.05) is 44.3 Å². The monoisotopic (exact) mass is 196 g/mol. The van der Waals surface area contributed by atoms with Crippen molar-refractivity contribution in [2.75, 3.05) is 13.2 Å². The van der Waals surface area contributed by atoms with Crippen LogP contribution in [0.15, 0.2) is 12.2 Å². The van der Waals surface area contributed by atoms with Crippen molar-refractivity contribution >= 4 is 0 Å². The molecule has 0 N–H and O–H groups in total. The maximum absolute atomic E-state index is 5.59. The van der Waals surface area contributed by atoms with Gasteiger partial charge >= 0.3 is 0 Å². The second-order valence-corrected chi connectivity index (χ2v) is 4.26. The van der Waals surface area contributed by atoms with E-state index in [1.54, 1.807) is 0 Å². The first-order valence-electron chi connectivity index (χ1n) is 6.12. The third-order valence-corrected chi connectivity index (χ3v) is 3.06. The van der Waals surface area contributed by atoms with E-state index in [0.717, 1.165) is 25.6 Å². The molecule has 14 heavy (non-hydrogen) atoms. The molecule has 1 fully saturated rings. The summed E-state index contributed by atoms with van der Waals surface area (Å²) in [5, 5.41) is 0. The van der Waals surface area contributed by atoms with Crippen LogP contribution in [0.4, 0.5) is 0 Å². The Bertz CT molecular complexity index is 145. The molecule has 0 aromatic rings. The van der Waals surface area contributed by atoms with Gasteiger partial charge in [0.2, 0.25) is 0 Å². The van der Waals surface area contributed by atoms with Crippen LogP contribution in [0.1, 0.15) is 51.9 Å². The summed E-state index contributed by atoms with van der Waals surface area (Å²) in [7, 11) is 0. The van der Waals surface area contributed by atoms with Crippen molar-refractivity contribution in [2.24, 2.45) is 5.92 Å². The zero-order chi connectivity index (χ0) is 10.1. The molecule has 1 saturated carbocycles. The van der Waals surface area contributed by atoms with E-state index in [1.165, 1.54) is 38.5 Å². The van der Waals surface area contributed by atoms with Crippen molar-refractivity contribution < 1.29 is 4.74 Å². The van der Waals surface area contributed by atoms with Gasteiger partial charge in [0.15, 0.2) is 0 Å². The molecule has 82 valence electrons. The highest BCUT2D eigenvalue weighted by Gasteiger charge is 2.12. The average molecular weight is 196 g/mol. The Hall–Kier alpha value is -0.300. The highest BCUT2D eigenvalue weighted by atomic mass is 16.5. The highest BCUT2D eigenvalue weighted by molar-refractivity contribution is 4.76. The molecule has 1 heteroatoms. The lowest BCUT2D eigenvalue weighted by molar-refractivity contribution is 0.117. The van der Waals surface area contributed by atoms with Crippen molar-refractivity contribution in [3.05, 3.63) is 12.2 Å². The summed E-state index contributed by atoms with van der Waals surface area (Å²) in [6, 6.07) is 0. The van der Waals surface area contributed by atoms with E-state index < -0.39 is 0 Å². The number of hydrogen-bond acceptors (Lipinski definition) is 1. The molecular formula is C13H24O. The van der Waals surface area contributed by atoms with Gasteiger partial charge < -0.3 is 4.74 Å². The molecule has 1 aliphatic carbocycles. The minimum atomic E-state index is 0.900. The van der Waals surface area contributed by atoms with Crippen molar-refractivity contribution in [1.82, 2.24) is 0 Å². The minimum absolute atomic E-state index is 0.900. The quantitative estimate of drug-likeness (QED) is 0.462. The fourth-order valence-electron chi connectivity index (χ4n) is 2.15. The molecule has 1 nitrogen and oxygen atoms in total. The summed E-state index contributed by atoms with van der Waals surface area (Å²) in [4.78, 5) is 0. The van der Waals surface area contributed by atoms with Crippen LogP contribution in [0.5, 0.6) is 0 Å². The van der Waals surface area contributed by atoms with E-state index in [4.69, 9.17) is 4.74 Å². The van der Waals surface area contributed by atoms with Gasteiger partial charge in [-0.3, -0.25) is 0 Å². The molecule has 0 aromatic heterocycles. The van der Waals surface area contributed by atoms with Crippen LogP contribution in [-0.4, -0.2) is 13.2 Å². The summed E-state index contributed by atoms with van der Waals surface area (Å²) in [5.74, 6) is 0.963. The van der Waals surface area contributed by atoms with Crippen LogP contribution in [-0.2, 0) is 4.74 Å². The zero-order valence-electron chi connectivity index (χ0n) is 9.50. The summed E-state index contributed by atoms with van der Waals surface area (Å²) >= 11 is 0. The highest BCUT2D eigenvalue weighted by Crippen LogP contribution is 2.25. The molecule has 0 atom stereocenters. The molecule has 0 unspecified atom stereocenters. The Balaban J connectivity index is 1.87. The standard InChI is InChI=1S/C13H24O/c1-2-3-7-11-14-12-10-13-8-5-4-6-9-13/h2-3,13H,4-12H2,1H3. The zero-order valence-corrected chi connectivity index (χ0v) is 9.50. The van der Waals surface area contributed by atoms with Crippen molar-refractivity contribution in [3.8, 4) is 0 Å². The second kappa shape index (κ2) is 8.05. The number of ether oxygens (including phenoxy) is 1. The first-order valence-corrected chi connectivity index (χ1v) is 6.12. The van der Waals surface area contributed by atoms with Crippen LogP contribution in [0.3, 0.4) is 0 Å². The molecule has 0 aromatic carbocycles. The molecule has 0 heterocycles. The third-order valence-electron chi connectivity index (χ3n) is 3.06. The largest absolute Gasteiger partial charge is 0.381 e. The number of allylic oxidation sites excluding steroid dienone is 1. The van der Waals surface area contributed by atoms with Crippen molar-refractivity contribution in [2.45, 2.75) is 51.9 Å². The van der Waals surface area contributed by atoms with E-state index in [1.807, 2.05) is 0 Å². The predicted molar refractivity (Wildman–Crippen MR) is 61.4 cm³/mol. The fraction of sp³-hybridized carbons (Fsp3) is 0.846. The van der Waals surface area contributed by atoms with E-state index >= 15 is 0 Å². The Morgan fingerprint density at radius 1 is 1.14 bits per heavy atom. The maximum Gasteiger partial charge on any atom is 0.0500 e. The molecule has 1 aliphatic rings.